The van der Waals surface area contributed by atoms with Crippen molar-refractivity contribution >= 4 is 12.2 Å². The molecule has 0 aliphatic rings. The number of aromatic amines is 1. The largest absolute Gasteiger partial charge is 0.307 e. The number of aryl methyl sites for hydroxylation is 3. The van der Waals surface area contributed by atoms with Crippen LogP contribution in [-0.4, -0.2) is 19.7 Å². The highest BCUT2D eigenvalue weighted by atomic mass is 16.1. The number of nitrogens with one attached hydrogen (secondary N) is 1. The fraction of sp³-hybridized carbons (Fsp3) is 0.400. The van der Waals surface area contributed by atoms with Gasteiger partial charge in [-0.25, -0.2) is 4.98 Å². The lowest BCUT2D eigenvalue weighted by Crippen LogP contribution is -2.08. The van der Waals surface area contributed by atoms with E-state index in [2.05, 4.69) is 28.9 Å². The molecule has 0 aromatic carbocycles. The molecule has 2 rings (SSSR count). The predicted molar refractivity (Wildman–Crippen MR) is 80.5 cm³/mol. The van der Waals surface area contributed by atoms with Crippen molar-refractivity contribution in [3.05, 3.63) is 44.9 Å². The molecular weight excluding hydrogens is 252 g/mol. The van der Waals surface area contributed by atoms with Crippen LogP contribution >= 0.6 is 0 Å². The Balaban J connectivity index is 2.34. The minimum atomic E-state index is -0.132. The Kier molecular flexibility index (Phi) is 4.17. The summed E-state index contributed by atoms with van der Waals surface area (Å²) < 4.78 is 2.02. The third-order valence-corrected chi connectivity index (χ3v) is 3.17. The third-order valence-electron chi connectivity index (χ3n) is 3.17. The van der Waals surface area contributed by atoms with Gasteiger partial charge in [0.1, 0.15) is 5.82 Å². The van der Waals surface area contributed by atoms with Crippen molar-refractivity contribution in [3.63, 3.8) is 0 Å². The van der Waals surface area contributed by atoms with Crippen LogP contribution in [0.3, 0.4) is 0 Å². The quantitative estimate of drug-likeness (QED) is 0.930. The van der Waals surface area contributed by atoms with E-state index >= 15 is 0 Å². The first kappa shape index (κ1) is 14.2. The van der Waals surface area contributed by atoms with Gasteiger partial charge in [0.05, 0.1) is 5.69 Å². The van der Waals surface area contributed by atoms with Crippen molar-refractivity contribution in [2.75, 3.05) is 0 Å². The average molecular weight is 272 g/mol. The number of hydrogen-bond acceptors (Lipinski definition) is 3. The van der Waals surface area contributed by atoms with E-state index in [0.29, 0.717) is 11.5 Å². The second-order valence-corrected chi connectivity index (χ2v) is 4.91. The van der Waals surface area contributed by atoms with E-state index in [4.69, 9.17) is 0 Å². The zero-order valence-electron chi connectivity index (χ0n) is 12.4. The van der Waals surface area contributed by atoms with Crippen molar-refractivity contribution in [1.29, 1.82) is 0 Å². The molecule has 2 aromatic rings. The second kappa shape index (κ2) is 5.86. The van der Waals surface area contributed by atoms with Gasteiger partial charge in [-0.2, -0.15) is 5.10 Å². The first-order valence-electron chi connectivity index (χ1n) is 6.81. The molecule has 0 aliphatic carbocycles. The second-order valence-electron chi connectivity index (χ2n) is 4.91. The van der Waals surface area contributed by atoms with E-state index in [1.54, 1.807) is 0 Å². The average Bonchev–Trinajstić information content (AvgIpc) is 2.62. The zero-order chi connectivity index (χ0) is 14.7. The van der Waals surface area contributed by atoms with Gasteiger partial charge in [0, 0.05) is 29.6 Å². The SMILES string of the molecule is CCCn1nc(C)c(/C=C/c2nc(C)cc(=O)[nH]2)c1C. The molecule has 0 saturated heterocycles. The van der Waals surface area contributed by atoms with Crippen molar-refractivity contribution < 1.29 is 0 Å². The Morgan fingerprint density at radius 2 is 2.05 bits per heavy atom. The fourth-order valence-corrected chi connectivity index (χ4v) is 2.22. The van der Waals surface area contributed by atoms with E-state index in [-0.39, 0.29) is 5.56 Å². The number of rotatable bonds is 4. The van der Waals surface area contributed by atoms with Gasteiger partial charge in [-0.15, -0.1) is 0 Å². The molecule has 20 heavy (non-hydrogen) atoms. The van der Waals surface area contributed by atoms with Crippen LogP contribution in [0.25, 0.3) is 12.2 Å². The highest BCUT2D eigenvalue weighted by molar-refractivity contribution is 5.69. The highest BCUT2D eigenvalue weighted by Gasteiger charge is 2.08. The lowest BCUT2D eigenvalue weighted by atomic mass is 10.2. The van der Waals surface area contributed by atoms with Crippen molar-refractivity contribution in [1.82, 2.24) is 19.7 Å². The van der Waals surface area contributed by atoms with E-state index in [1.807, 2.05) is 30.7 Å². The van der Waals surface area contributed by atoms with E-state index in [1.165, 1.54) is 6.07 Å². The molecule has 0 spiro atoms. The molecule has 0 amide bonds. The van der Waals surface area contributed by atoms with Gasteiger partial charge in [-0.3, -0.25) is 9.48 Å². The molecule has 0 unspecified atom stereocenters. The molecule has 2 aromatic heterocycles. The van der Waals surface area contributed by atoms with Crippen molar-refractivity contribution in [2.45, 2.75) is 40.7 Å². The lowest BCUT2D eigenvalue weighted by Gasteiger charge is -2.01. The molecule has 2 heterocycles. The maximum Gasteiger partial charge on any atom is 0.251 e. The first-order valence-corrected chi connectivity index (χ1v) is 6.81. The Morgan fingerprint density at radius 1 is 1.30 bits per heavy atom. The molecular formula is C15H20N4O. The molecule has 0 atom stereocenters. The summed E-state index contributed by atoms with van der Waals surface area (Å²) in [6, 6.07) is 1.48. The summed E-state index contributed by atoms with van der Waals surface area (Å²) in [4.78, 5) is 18.4. The van der Waals surface area contributed by atoms with Crippen LogP contribution in [0.4, 0.5) is 0 Å². The maximum atomic E-state index is 11.4. The van der Waals surface area contributed by atoms with Gasteiger partial charge in [-0.05, 0) is 39.3 Å². The summed E-state index contributed by atoms with van der Waals surface area (Å²) in [5.74, 6) is 0.567. The van der Waals surface area contributed by atoms with Crippen LogP contribution < -0.4 is 5.56 Å². The third kappa shape index (κ3) is 3.04. The number of hydrogen-bond donors (Lipinski definition) is 1. The van der Waals surface area contributed by atoms with Gasteiger partial charge >= 0.3 is 0 Å². The van der Waals surface area contributed by atoms with E-state index in [9.17, 15) is 4.79 Å². The molecule has 0 saturated carbocycles. The molecule has 0 fully saturated rings. The topological polar surface area (TPSA) is 63.6 Å². The van der Waals surface area contributed by atoms with Gasteiger partial charge < -0.3 is 4.98 Å². The van der Waals surface area contributed by atoms with E-state index in [0.717, 1.165) is 29.9 Å². The summed E-state index contributed by atoms with van der Waals surface area (Å²) in [5, 5.41) is 4.52. The molecule has 0 bridgehead atoms. The van der Waals surface area contributed by atoms with Crippen LogP contribution in [0.2, 0.25) is 0 Å². The molecule has 5 heteroatoms. The van der Waals surface area contributed by atoms with Crippen LogP contribution in [0.5, 0.6) is 0 Å². The Bertz CT molecular complexity index is 694. The van der Waals surface area contributed by atoms with Crippen molar-refractivity contribution in [2.24, 2.45) is 0 Å². The van der Waals surface area contributed by atoms with E-state index < -0.39 is 0 Å². The fourth-order valence-electron chi connectivity index (χ4n) is 2.22. The number of H-pyrrole nitrogens is 1. The van der Waals surface area contributed by atoms with Crippen LogP contribution in [0, 0.1) is 20.8 Å². The van der Waals surface area contributed by atoms with Gasteiger partial charge in [0.15, 0.2) is 0 Å². The minimum Gasteiger partial charge on any atom is -0.307 e. The Morgan fingerprint density at radius 3 is 2.70 bits per heavy atom. The summed E-state index contributed by atoms with van der Waals surface area (Å²) >= 11 is 0. The summed E-state index contributed by atoms with van der Waals surface area (Å²) in [7, 11) is 0. The van der Waals surface area contributed by atoms with Gasteiger partial charge in [0.2, 0.25) is 0 Å². The Labute approximate surface area is 118 Å². The molecule has 0 aliphatic heterocycles. The summed E-state index contributed by atoms with van der Waals surface area (Å²) in [6.07, 6.45) is 4.83. The highest BCUT2D eigenvalue weighted by Crippen LogP contribution is 2.16. The van der Waals surface area contributed by atoms with Crippen molar-refractivity contribution in [3.8, 4) is 0 Å². The van der Waals surface area contributed by atoms with Crippen LogP contribution in [0.1, 0.15) is 41.8 Å². The van der Waals surface area contributed by atoms with Gasteiger partial charge in [0.25, 0.3) is 5.56 Å². The molecule has 1 N–H and O–H groups in total. The maximum absolute atomic E-state index is 11.4. The predicted octanol–water partition coefficient (Wildman–Crippen LogP) is 2.47. The molecule has 5 nitrogen and oxygen atoms in total. The minimum absolute atomic E-state index is 0.132. The smallest absolute Gasteiger partial charge is 0.251 e. The lowest BCUT2D eigenvalue weighted by molar-refractivity contribution is 0.583. The Hall–Kier alpha value is -2.17. The summed E-state index contributed by atoms with van der Waals surface area (Å²) in [6.45, 7) is 8.91. The molecule has 0 radical (unpaired) electrons. The monoisotopic (exact) mass is 272 g/mol. The first-order chi connectivity index (χ1) is 9.51. The van der Waals surface area contributed by atoms with Crippen LogP contribution in [0.15, 0.2) is 10.9 Å². The standard InChI is InChI=1S/C15H20N4O/c1-5-8-19-12(4)13(11(3)18-19)6-7-14-16-10(2)9-15(20)17-14/h6-7,9H,5,8H2,1-4H3,(H,16,17,20)/b7-6+. The summed E-state index contributed by atoms with van der Waals surface area (Å²) in [5.41, 5.74) is 3.79. The van der Waals surface area contributed by atoms with Gasteiger partial charge in [-0.1, -0.05) is 6.92 Å². The number of aromatic nitrogens is 4. The zero-order valence-corrected chi connectivity index (χ0v) is 12.4. The number of nitrogens with zero attached hydrogens (tertiary/aromatic N) is 3. The normalized spacial score (nSPS) is 11.4. The van der Waals surface area contributed by atoms with Crippen LogP contribution in [-0.2, 0) is 6.54 Å². The molecule has 106 valence electrons.